The van der Waals surface area contributed by atoms with E-state index in [-0.39, 0.29) is 32.9 Å². The predicted octanol–water partition coefficient (Wildman–Crippen LogP) is 1.47. The maximum Gasteiger partial charge on any atom is 0.239 e. The van der Waals surface area contributed by atoms with Gasteiger partial charge in [0.05, 0.1) is 6.54 Å². The van der Waals surface area contributed by atoms with E-state index in [1.54, 1.807) is 11.8 Å². The molecule has 0 aromatic rings. The molecule has 0 unspecified atom stereocenters. The Morgan fingerprint density at radius 1 is 1.11 bits per heavy atom. The third kappa shape index (κ3) is 10.6. The lowest BCUT2D eigenvalue weighted by Crippen LogP contribution is -2.38. The van der Waals surface area contributed by atoms with Crippen LogP contribution < -0.4 is 10.6 Å². The SMILES string of the molecule is CCSCCC(=O)NCC(=O)NCCC(=O)C(C)C.[HH].[HH]. The van der Waals surface area contributed by atoms with Gasteiger partial charge in [-0.2, -0.15) is 11.8 Å². The van der Waals surface area contributed by atoms with Crippen LogP contribution in [-0.4, -0.2) is 42.2 Å². The standard InChI is InChI=1S/C13H24N2O3S.2H2/c1-4-19-8-6-12(17)15-9-13(18)14-7-5-11(16)10(2)3;;/h10H,4-9H2,1-3H3,(H,14,18)(H,15,17);2*1H. The highest BCUT2D eigenvalue weighted by Gasteiger charge is 2.08. The number of hydrogen-bond donors (Lipinski definition) is 2. The normalized spacial score (nSPS) is 10.3. The number of amides is 2. The predicted molar refractivity (Wildman–Crippen MR) is 82.3 cm³/mol. The fourth-order valence-electron chi connectivity index (χ4n) is 1.25. The van der Waals surface area contributed by atoms with E-state index in [1.165, 1.54) is 0 Å². The summed E-state index contributed by atoms with van der Waals surface area (Å²) in [6.45, 7) is 6.01. The molecule has 0 aliphatic carbocycles. The molecule has 0 radical (unpaired) electrons. The number of hydrogen-bond acceptors (Lipinski definition) is 4. The van der Waals surface area contributed by atoms with E-state index in [0.717, 1.165) is 11.5 Å². The largest absolute Gasteiger partial charge is 0.354 e. The van der Waals surface area contributed by atoms with Gasteiger partial charge in [-0.15, -0.1) is 0 Å². The second-order valence-corrected chi connectivity index (χ2v) is 5.84. The minimum absolute atomic E-state index is 0. The van der Waals surface area contributed by atoms with Gasteiger partial charge in [0.15, 0.2) is 0 Å². The third-order valence-corrected chi connectivity index (χ3v) is 3.36. The van der Waals surface area contributed by atoms with Gasteiger partial charge in [0.1, 0.15) is 5.78 Å². The molecular weight excluding hydrogens is 264 g/mol. The minimum atomic E-state index is -0.256. The quantitative estimate of drug-likeness (QED) is 0.598. The molecule has 114 valence electrons. The van der Waals surface area contributed by atoms with E-state index in [4.69, 9.17) is 0 Å². The summed E-state index contributed by atoms with van der Waals surface area (Å²) in [7, 11) is 0. The van der Waals surface area contributed by atoms with Crippen molar-refractivity contribution in [1.29, 1.82) is 0 Å². The molecule has 0 fully saturated rings. The number of carbonyl (C=O) groups excluding carboxylic acids is 3. The van der Waals surface area contributed by atoms with Crippen molar-refractivity contribution in [3.63, 3.8) is 0 Å². The molecule has 0 aromatic carbocycles. The van der Waals surface area contributed by atoms with Crippen molar-refractivity contribution < 1.29 is 17.2 Å². The van der Waals surface area contributed by atoms with Crippen LogP contribution in [0.1, 0.15) is 36.5 Å². The Balaban J connectivity index is -0.00000162. The highest BCUT2D eigenvalue weighted by Crippen LogP contribution is 2.00. The Morgan fingerprint density at radius 3 is 2.37 bits per heavy atom. The molecule has 0 aliphatic heterocycles. The number of carbonyl (C=O) groups is 3. The Hall–Kier alpha value is -1.04. The first-order chi connectivity index (χ1) is 8.97. The highest BCUT2D eigenvalue weighted by molar-refractivity contribution is 7.99. The Kier molecular flexibility index (Phi) is 10.2. The van der Waals surface area contributed by atoms with E-state index in [1.807, 2.05) is 20.8 Å². The van der Waals surface area contributed by atoms with Crippen LogP contribution in [-0.2, 0) is 14.4 Å². The lowest BCUT2D eigenvalue weighted by molar-refractivity contribution is -0.126. The van der Waals surface area contributed by atoms with Gasteiger partial charge in [-0.25, -0.2) is 0 Å². The third-order valence-electron chi connectivity index (χ3n) is 2.46. The average molecular weight is 292 g/mol. The Bertz CT molecular complexity index is 316. The van der Waals surface area contributed by atoms with Crippen molar-refractivity contribution in [2.24, 2.45) is 5.92 Å². The molecule has 0 rings (SSSR count). The van der Waals surface area contributed by atoms with Gasteiger partial charge in [-0.3, -0.25) is 14.4 Å². The van der Waals surface area contributed by atoms with Crippen molar-refractivity contribution in [3.8, 4) is 0 Å². The summed E-state index contributed by atoms with van der Waals surface area (Å²) in [5.41, 5.74) is 0. The van der Waals surface area contributed by atoms with Crippen LogP contribution in [0.2, 0.25) is 0 Å². The van der Waals surface area contributed by atoms with Crippen molar-refractivity contribution in [2.45, 2.75) is 33.6 Å². The smallest absolute Gasteiger partial charge is 0.239 e. The lowest BCUT2D eigenvalue weighted by Gasteiger charge is -2.07. The molecule has 0 heterocycles. The highest BCUT2D eigenvalue weighted by atomic mass is 32.2. The van der Waals surface area contributed by atoms with Gasteiger partial charge < -0.3 is 10.6 Å². The summed E-state index contributed by atoms with van der Waals surface area (Å²) in [5, 5.41) is 5.16. The second kappa shape index (κ2) is 10.8. The van der Waals surface area contributed by atoms with Crippen LogP contribution in [0.4, 0.5) is 0 Å². The Labute approximate surface area is 122 Å². The van der Waals surface area contributed by atoms with Gasteiger partial charge in [0, 0.05) is 33.9 Å². The second-order valence-electron chi connectivity index (χ2n) is 4.44. The molecule has 0 bridgehead atoms. The topological polar surface area (TPSA) is 75.3 Å². The van der Waals surface area contributed by atoms with Gasteiger partial charge in [0.2, 0.25) is 11.8 Å². The summed E-state index contributed by atoms with van der Waals surface area (Å²) in [5.74, 6) is 1.50. The molecule has 5 nitrogen and oxygen atoms in total. The van der Waals surface area contributed by atoms with E-state index in [0.29, 0.717) is 19.4 Å². The van der Waals surface area contributed by atoms with Gasteiger partial charge in [0.25, 0.3) is 0 Å². The van der Waals surface area contributed by atoms with Crippen LogP contribution in [0.25, 0.3) is 0 Å². The first-order valence-electron chi connectivity index (χ1n) is 6.61. The zero-order chi connectivity index (χ0) is 14.7. The number of rotatable bonds is 10. The van der Waals surface area contributed by atoms with Crippen molar-refractivity contribution in [2.75, 3.05) is 24.6 Å². The van der Waals surface area contributed by atoms with Gasteiger partial charge in [-0.1, -0.05) is 20.8 Å². The van der Waals surface area contributed by atoms with Crippen LogP contribution in [0, 0.1) is 5.92 Å². The molecule has 2 N–H and O–H groups in total. The Morgan fingerprint density at radius 2 is 1.79 bits per heavy atom. The monoisotopic (exact) mass is 292 g/mol. The summed E-state index contributed by atoms with van der Waals surface area (Å²) in [6, 6.07) is 0. The van der Waals surface area contributed by atoms with E-state index in [9.17, 15) is 14.4 Å². The van der Waals surface area contributed by atoms with E-state index in [2.05, 4.69) is 10.6 Å². The van der Waals surface area contributed by atoms with Gasteiger partial charge in [-0.05, 0) is 5.75 Å². The van der Waals surface area contributed by atoms with Crippen LogP contribution in [0.5, 0.6) is 0 Å². The molecule has 0 saturated heterocycles. The van der Waals surface area contributed by atoms with Crippen molar-refractivity contribution >= 4 is 29.4 Å². The average Bonchev–Trinajstić information content (AvgIpc) is 2.36. The fourth-order valence-corrected chi connectivity index (χ4v) is 1.87. The summed E-state index contributed by atoms with van der Waals surface area (Å²) >= 11 is 1.69. The fraction of sp³-hybridized carbons (Fsp3) is 0.769. The summed E-state index contributed by atoms with van der Waals surface area (Å²) < 4.78 is 0. The zero-order valence-corrected chi connectivity index (χ0v) is 12.8. The lowest BCUT2D eigenvalue weighted by atomic mass is 10.1. The summed E-state index contributed by atoms with van der Waals surface area (Å²) in [6.07, 6.45) is 0.766. The molecular formula is C13H28N2O3S. The molecule has 19 heavy (non-hydrogen) atoms. The molecule has 0 atom stereocenters. The van der Waals surface area contributed by atoms with Crippen LogP contribution in [0.3, 0.4) is 0 Å². The van der Waals surface area contributed by atoms with E-state index >= 15 is 0 Å². The van der Waals surface area contributed by atoms with E-state index < -0.39 is 0 Å². The van der Waals surface area contributed by atoms with Gasteiger partial charge >= 0.3 is 0 Å². The molecule has 0 spiro atoms. The first-order valence-corrected chi connectivity index (χ1v) is 7.76. The van der Waals surface area contributed by atoms with Crippen molar-refractivity contribution in [1.82, 2.24) is 10.6 Å². The maximum absolute atomic E-state index is 11.4. The summed E-state index contributed by atoms with van der Waals surface area (Å²) in [4.78, 5) is 34.0. The molecule has 6 heteroatoms. The molecule has 0 aromatic heterocycles. The number of thioether (sulfide) groups is 1. The van der Waals surface area contributed by atoms with Crippen LogP contribution >= 0.6 is 11.8 Å². The number of nitrogens with one attached hydrogen (secondary N) is 2. The molecule has 2 amide bonds. The number of Topliss-reactive ketones (excluding diaryl/α,β-unsaturated/α-hetero) is 1. The minimum Gasteiger partial charge on any atom is -0.354 e. The van der Waals surface area contributed by atoms with Crippen molar-refractivity contribution in [3.05, 3.63) is 0 Å². The molecule has 0 saturated carbocycles. The maximum atomic E-state index is 11.4. The number of ketones is 1. The van der Waals surface area contributed by atoms with Crippen LogP contribution in [0.15, 0.2) is 0 Å². The molecule has 0 aliphatic rings. The first kappa shape index (κ1) is 18.0. The zero-order valence-electron chi connectivity index (χ0n) is 12.0.